The molecule has 1 aromatic carbocycles. The second-order valence-corrected chi connectivity index (χ2v) is 5.23. The monoisotopic (exact) mass is 295 g/mol. The highest BCUT2D eigenvalue weighted by atomic mass is 19.1. The predicted octanol–water partition coefficient (Wildman–Crippen LogP) is 0.616. The highest BCUT2D eigenvalue weighted by Gasteiger charge is 2.28. The topological polar surface area (TPSA) is 58.8 Å². The van der Waals surface area contributed by atoms with E-state index in [1.807, 2.05) is 0 Å². The summed E-state index contributed by atoms with van der Waals surface area (Å²) in [5.41, 5.74) is 6.29. The number of nitrogens with two attached hydrogens (primary N) is 1. The third-order valence-electron chi connectivity index (χ3n) is 3.84. The van der Waals surface area contributed by atoms with E-state index in [2.05, 4.69) is 9.80 Å². The van der Waals surface area contributed by atoms with E-state index in [4.69, 9.17) is 10.5 Å². The number of carbonyl (C=O) groups is 1. The van der Waals surface area contributed by atoms with Gasteiger partial charge in [0.25, 0.3) is 0 Å². The van der Waals surface area contributed by atoms with Crippen molar-refractivity contribution in [2.75, 3.05) is 46.4 Å². The average Bonchev–Trinajstić information content (AvgIpc) is 2.48. The molecule has 1 unspecified atom stereocenters. The Balaban J connectivity index is 2.00. The Kier molecular flexibility index (Phi) is 5.67. The number of carbonyl (C=O) groups excluding carboxylic acids is 1. The number of hydrogen-bond donors (Lipinski definition) is 1. The quantitative estimate of drug-likeness (QED) is 0.836. The molecule has 6 heteroatoms. The molecule has 0 aromatic heterocycles. The minimum atomic E-state index is -0.491. The molecule has 116 valence electrons. The summed E-state index contributed by atoms with van der Waals surface area (Å²) in [6.45, 7) is 4.85. The summed E-state index contributed by atoms with van der Waals surface area (Å²) in [5, 5.41) is 0. The summed E-state index contributed by atoms with van der Waals surface area (Å²) in [5.74, 6) is -0.710. The lowest BCUT2D eigenvalue weighted by molar-refractivity contribution is -0.124. The van der Waals surface area contributed by atoms with Crippen LogP contribution in [0.1, 0.15) is 11.6 Å². The standard InChI is InChI=1S/C15H22FN3O2/c1-21-11-10-18-6-8-19(9-7-18)14(15(17)20)12-2-4-13(16)5-3-12/h2-5,14H,6-11H2,1H3,(H2,17,20). The van der Waals surface area contributed by atoms with Gasteiger partial charge in [0, 0.05) is 39.8 Å². The molecule has 0 aliphatic carbocycles. The van der Waals surface area contributed by atoms with Gasteiger partial charge in [0.05, 0.1) is 6.61 Å². The van der Waals surface area contributed by atoms with Gasteiger partial charge < -0.3 is 10.5 Å². The summed E-state index contributed by atoms with van der Waals surface area (Å²) in [4.78, 5) is 16.1. The van der Waals surface area contributed by atoms with Crippen LogP contribution in [0.5, 0.6) is 0 Å². The SMILES string of the molecule is COCCN1CCN(C(C(N)=O)c2ccc(F)cc2)CC1. The van der Waals surface area contributed by atoms with Gasteiger partial charge in [0.1, 0.15) is 11.9 Å². The number of halogens is 1. The molecular formula is C15H22FN3O2. The van der Waals surface area contributed by atoms with Gasteiger partial charge in [-0.1, -0.05) is 12.1 Å². The Morgan fingerprint density at radius 2 is 1.90 bits per heavy atom. The number of piperazine rings is 1. The average molecular weight is 295 g/mol. The van der Waals surface area contributed by atoms with Crippen molar-refractivity contribution in [2.45, 2.75) is 6.04 Å². The Morgan fingerprint density at radius 1 is 1.29 bits per heavy atom. The molecule has 5 nitrogen and oxygen atoms in total. The molecule has 1 aliphatic rings. The Labute approximate surface area is 124 Å². The molecule has 1 fully saturated rings. The first-order valence-electron chi connectivity index (χ1n) is 7.12. The maximum atomic E-state index is 13.0. The minimum Gasteiger partial charge on any atom is -0.383 e. The highest BCUT2D eigenvalue weighted by molar-refractivity contribution is 5.81. The molecule has 1 saturated heterocycles. The first kappa shape index (κ1) is 15.9. The molecule has 1 amide bonds. The molecule has 21 heavy (non-hydrogen) atoms. The lowest BCUT2D eigenvalue weighted by Crippen LogP contribution is -2.50. The van der Waals surface area contributed by atoms with Crippen LogP contribution < -0.4 is 5.73 Å². The summed E-state index contributed by atoms with van der Waals surface area (Å²) in [6.07, 6.45) is 0. The summed E-state index contributed by atoms with van der Waals surface area (Å²) in [7, 11) is 1.69. The first-order valence-corrected chi connectivity index (χ1v) is 7.12. The van der Waals surface area contributed by atoms with E-state index >= 15 is 0 Å². The summed E-state index contributed by atoms with van der Waals surface area (Å²) < 4.78 is 18.1. The number of benzene rings is 1. The molecule has 1 aromatic rings. The van der Waals surface area contributed by atoms with Gasteiger partial charge in [0.15, 0.2) is 0 Å². The number of rotatable bonds is 6. The molecule has 0 saturated carbocycles. The normalized spacial score (nSPS) is 18.6. The zero-order chi connectivity index (χ0) is 15.2. The zero-order valence-corrected chi connectivity index (χ0v) is 12.3. The van der Waals surface area contributed by atoms with Crippen LogP contribution in [0.3, 0.4) is 0 Å². The van der Waals surface area contributed by atoms with E-state index in [0.29, 0.717) is 6.61 Å². The van der Waals surface area contributed by atoms with Gasteiger partial charge in [-0.2, -0.15) is 0 Å². The number of amides is 1. The fourth-order valence-corrected chi connectivity index (χ4v) is 2.67. The molecule has 0 radical (unpaired) electrons. The first-order chi connectivity index (χ1) is 10.1. The van der Waals surface area contributed by atoms with Crippen LogP contribution in [0.4, 0.5) is 4.39 Å². The van der Waals surface area contributed by atoms with Crippen molar-refractivity contribution >= 4 is 5.91 Å². The molecule has 1 atom stereocenters. The smallest absolute Gasteiger partial charge is 0.239 e. The summed E-state index contributed by atoms with van der Waals surface area (Å²) >= 11 is 0. The van der Waals surface area contributed by atoms with Crippen molar-refractivity contribution in [1.82, 2.24) is 9.80 Å². The zero-order valence-electron chi connectivity index (χ0n) is 12.3. The molecule has 1 heterocycles. The van der Waals surface area contributed by atoms with E-state index in [1.165, 1.54) is 12.1 Å². The van der Waals surface area contributed by atoms with E-state index in [9.17, 15) is 9.18 Å². The van der Waals surface area contributed by atoms with Crippen molar-refractivity contribution in [3.63, 3.8) is 0 Å². The molecule has 2 rings (SSSR count). The second kappa shape index (κ2) is 7.49. The van der Waals surface area contributed by atoms with Crippen LogP contribution in [0.15, 0.2) is 24.3 Å². The van der Waals surface area contributed by atoms with Crippen LogP contribution >= 0.6 is 0 Å². The van der Waals surface area contributed by atoms with E-state index < -0.39 is 11.9 Å². The van der Waals surface area contributed by atoms with Crippen molar-refractivity contribution < 1.29 is 13.9 Å². The van der Waals surface area contributed by atoms with Gasteiger partial charge in [-0.25, -0.2) is 4.39 Å². The number of nitrogens with zero attached hydrogens (tertiary/aromatic N) is 2. The van der Waals surface area contributed by atoms with Crippen LogP contribution in [-0.2, 0) is 9.53 Å². The molecule has 2 N–H and O–H groups in total. The Bertz CT molecular complexity index is 458. The number of hydrogen-bond acceptors (Lipinski definition) is 4. The van der Waals surface area contributed by atoms with Gasteiger partial charge in [-0.15, -0.1) is 0 Å². The van der Waals surface area contributed by atoms with E-state index in [-0.39, 0.29) is 5.82 Å². The van der Waals surface area contributed by atoms with Crippen molar-refractivity contribution in [2.24, 2.45) is 5.73 Å². The minimum absolute atomic E-state index is 0.314. The lowest BCUT2D eigenvalue weighted by Gasteiger charge is -2.38. The molecule has 1 aliphatic heterocycles. The summed E-state index contributed by atoms with van der Waals surface area (Å²) in [6, 6.07) is 5.49. The maximum Gasteiger partial charge on any atom is 0.239 e. The third kappa shape index (κ3) is 4.23. The van der Waals surface area contributed by atoms with Crippen LogP contribution in [0.25, 0.3) is 0 Å². The van der Waals surface area contributed by atoms with E-state index in [1.54, 1.807) is 19.2 Å². The van der Waals surface area contributed by atoms with Crippen molar-refractivity contribution in [3.8, 4) is 0 Å². The highest BCUT2D eigenvalue weighted by Crippen LogP contribution is 2.22. The van der Waals surface area contributed by atoms with Gasteiger partial charge in [-0.3, -0.25) is 14.6 Å². The maximum absolute atomic E-state index is 13.0. The van der Waals surface area contributed by atoms with Gasteiger partial charge >= 0.3 is 0 Å². The van der Waals surface area contributed by atoms with Gasteiger partial charge in [-0.05, 0) is 17.7 Å². The number of ether oxygens (including phenoxy) is 1. The molecule has 0 bridgehead atoms. The lowest BCUT2D eigenvalue weighted by atomic mass is 10.0. The largest absolute Gasteiger partial charge is 0.383 e. The van der Waals surface area contributed by atoms with Crippen molar-refractivity contribution in [1.29, 1.82) is 0 Å². The predicted molar refractivity (Wildman–Crippen MR) is 78.2 cm³/mol. The Morgan fingerprint density at radius 3 is 2.43 bits per heavy atom. The molecular weight excluding hydrogens is 273 g/mol. The van der Waals surface area contributed by atoms with Crippen molar-refractivity contribution in [3.05, 3.63) is 35.6 Å². The molecule has 0 spiro atoms. The Hall–Kier alpha value is -1.50. The van der Waals surface area contributed by atoms with Crippen LogP contribution in [0.2, 0.25) is 0 Å². The number of methoxy groups -OCH3 is 1. The third-order valence-corrected chi connectivity index (χ3v) is 3.84. The van der Waals surface area contributed by atoms with E-state index in [0.717, 1.165) is 38.3 Å². The van der Waals surface area contributed by atoms with Gasteiger partial charge in [0.2, 0.25) is 5.91 Å². The second-order valence-electron chi connectivity index (χ2n) is 5.23. The van der Waals surface area contributed by atoms with Crippen LogP contribution in [-0.4, -0.2) is 62.1 Å². The number of primary amides is 1. The fourth-order valence-electron chi connectivity index (χ4n) is 2.67. The van der Waals surface area contributed by atoms with Crippen LogP contribution in [0, 0.1) is 5.82 Å². The fraction of sp³-hybridized carbons (Fsp3) is 0.533.